The fraction of sp³-hybridized carbons (Fsp3) is 0.522. The summed E-state index contributed by atoms with van der Waals surface area (Å²) in [6, 6.07) is -2.89. The molecule has 0 aliphatic carbocycles. The van der Waals surface area contributed by atoms with E-state index in [0.717, 1.165) is 31.9 Å². The Bertz CT molecular complexity index is 5100. The van der Waals surface area contributed by atoms with Crippen LogP contribution in [0.5, 0.6) is 11.5 Å². The molecule has 4 aromatic rings. The Morgan fingerprint density at radius 2 is 0.795 bits per heavy atom. The molecule has 804 valence electrons. The van der Waals surface area contributed by atoms with Crippen molar-refractivity contribution in [3.8, 4) is 11.5 Å². The van der Waals surface area contributed by atoms with Gasteiger partial charge >= 0.3 is 18.1 Å². The number of halogens is 1. The molecule has 53 nitrogen and oxygen atoms in total. The summed E-state index contributed by atoms with van der Waals surface area (Å²) in [6.45, 7) is -0.588. The van der Waals surface area contributed by atoms with Gasteiger partial charge in [0.05, 0.1) is 6.04 Å². The summed E-state index contributed by atoms with van der Waals surface area (Å²) in [4.78, 5) is 250. The van der Waals surface area contributed by atoms with Gasteiger partial charge in [0.15, 0.2) is 23.8 Å². The molecule has 6 rings (SSSR count). The number of phenolic OH excluding ortho intramolecular Hbond substituents is 2. The third-order valence-corrected chi connectivity index (χ3v) is 25.6. The Balaban J connectivity index is 0.0000375. The van der Waals surface area contributed by atoms with Crippen LogP contribution in [0, 0.1) is 21.6 Å². The standard InChI is InChI=1S/C90H140N34O19S2.ClH/c91-34-4-3-16-58-74(131)118-63(22-11-41-111-90(104)143)83(140)124-42-12-23-69(124)82(139)121-65(45-50-27-32-55(126)33-28-50)78(135)117-60(19-8-38-108-87(100)101)73(130)115-62(21-10-40-110-89(103)142)76(133)122-67(80(137)112-57(70(93)127)17-6-36-106-85(96)97)47-144-145-48-68(81(138)120-64(44-49-25-30-54(125)31-26-49)77(134)116-61(72(129)114-58)20-9-39-109-88(102)141)123-79(136)66(46-51-24-29-52-13-1-2-14-53(52)43-51)119-75(132)59(18-7-37-107-86(98)99)113-71(128)56(92)15-5-35-105-84(94)95;/h1-2,13-14,24-33,43,56-69,125-126H,3-12,15-23,34-42,44-48,91-92H2,(H2,93,127)(H,112,137)(H,113,128)(H,114,129)(H,115,130)(H,116,134)(H,117,135)(H,118,131)(H,119,132)(H,120,138)(H,121,139)(H,122,133)(H,123,136)(H4,94,95,105)(H4,96,97,106)(H4,98,99,107)(H4,100,101,108)(H3,102,109,141)(H3,103,110,142)(H3,104,111,143);1H/t56-,57-,58?,59-,60-,61-,62?,63+,64-,65-,66-,67-,68-,69-;/m0./s1. The number of guanidine groups is 4. The van der Waals surface area contributed by atoms with Gasteiger partial charge in [-0.25, -0.2) is 14.4 Å². The number of hydrogen-bond acceptors (Lipinski definition) is 27. The van der Waals surface area contributed by atoms with Crippen LogP contribution in [0.15, 0.2) is 91.0 Å². The molecule has 2 saturated heterocycles. The van der Waals surface area contributed by atoms with E-state index < -0.39 is 228 Å². The maximum atomic E-state index is 16.0. The molecule has 2 unspecified atom stereocenters. The van der Waals surface area contributed by atoms with Crippen LogP contribution in [-0.2, 0) is 86.4 Å². The molecule has 56 heteroatoms. The minimum Gasteiger partial charge on any atom is -0.508 e. The Kier molecular flexibility index (Phi) is 53.9. The second-order valence-electron chi connectivity index (χ2n) is 34.6. The van der Waals surface area contributed by atoms with Crippen molar-refractivity contribution in [2.45, 2.75) is 226 Å². The molecule has 146 heavy (non-hydrogen) atoms. The summed E-state index contributed by atoms with van der Waals surface area (Å²) in [7, 11) is 1.48. The first-order chi connectivity index (χ1) is 69.1. The molecule has 0 aromatic heterocycles. The molecule has 45 N–H and O–H groups in total. The highest BCUT2D eigenvalue weighted by Gasteiger charge is 2.43. The van der Waals surface area contributed by atoms with E-state index in [2.05, 4.69) is 101 Å². The van der Waals surface area contributed by atoms with E-state index in [-0.39, 0.29) is 223 Å². The quantitative estimate of drug-likeness (QED) is 0.00846. The van der Waals surface area contributed by atoms with Gasteiger partial charge in [0, 0.05) is 83.1 Å². The van der Waals surface area contributed by atoms with Crippen LogP contribution < -0.4 is 158 Å². The van der Waals surface area contributed by atoms with Crippen molar-refractivity contribution >= 4 is 169 Å². The Labute approximate surface area is 857 Å². The van der Waals surface area contributed by atoms with E-state index in [4.69, 9.17) is 79.0 Å². The van der Waals surface area contributed by atoms with Gasteiger partial charge in [-0.05, 0) is 180 Å². The maximum Gasteiger partial charge on any atom is 0.312 e. The number of nitrogens with two attached hydrogens (primary N) is 10. The monoisotopic (exact) mass is 2100 g/mol. The number of primary amides is 4. The highest BCUT2D eigenvalue weighted by Crippen LogP contribution is 2.27. The number of carbonyl (C=O) groups is 17. The normalized spacial score (nSPS) is 19.9. The lowest BCUT2D eigenvalue weighted by Gasteiger charge is -2.31. The van der Waals surface area contributed by atoms with Crippen LogP contribution in [0.3, 0.4) is 0 Å². The number of hydrogen-bond donors (Lipinski definition) is 35. The first kappa shape index (κ1) is 122. The van der Waals surface area contributed by atoms with E-state index in [9.17, 15) is 34.2 Å². The lowest BCUT2D eigenvalue weighted by Crippen LogP contribution is -2.61. The zero-order valence-corrected chi connectivity index (χ0v) is 83.3. The zero-order chi connectivity index (χ0) is 107. The third-order valence-electron chi connectivity index (χ3n) is 23.2. The number of amides is 20. The molecule has 20 amide bonds. The van der Waals surface area contributed by atoms with Gasteiger partial charge in [-0.2, -0.15) is 0 Å². The number of phenols is 2. The van der Waals surface area contributed by atoms with Gasteiger partial charge in [0.2, 0.25) is 82.7 Å². The fourth-order valence-electron chi connectivity index (χ4n) is 15.5. The summed E-state index contributed by atoms with van der Waals surface area (Å²) >= 11 is 0. The lowest BCUT2D eigenvalue weighted by atomic mass is 10.00. The summed E-state index contributed by atoms with van der Waals surface area (Å²) in [5.41, 5.74) is 57.9. The Morgan fingerprint density at radius 3 is 1.26 bits per heavy atom. The predicted octanol–water partition coefficient (Wildman–Crippen LogP) is -6.76. The van der Waals surface area contributed by atoms with Gasteiger partial charge in [-0.15, -0.1) is 12.4 Å². The molecule has 0 saturated carbocycles. The van der Waals surface area contributed by atoms with Crippen molar-refractivity contribution in [3.63, 3.8) is 0 Å². The van der Waals surface area contributed by atoms with Gasteiger partial charge in [0.25, 0.3) is 0 Å². The zero-order valence-electron chi connectivity index (χ0n) is 80.9. The highest BCUT2D eigenvalue weighted by molar-refractivity contribution is 8.76. The van der Waals surface area contributed by atoms with E-state index in [1.807, 2.05) is 6.07 Å². The number of carbonyl (C=O) groups excluding carboxylic acids is 17. The lowest BCUT2D eigenvalue weighted by molar-refractivity contribution is -0.142. The molecule has 4 aromatic carbocycles. The number of urea groups is 3. The molecule has 14 atom stereocenters. The Hall–Kier alpha value is -14.9. The maximum absolute atomic E-state index is 16.0. The summed E-state index contributed by atoms with van der Waals surface area (Å²) in [5.74, 6) is -17.8. The van der Waals surface area contributed by atoms with Gasteiger partial charge in [-0.1, -0.05) is 88.3 Å². The molecule has 2 aliphatic heterocycles. The van der Waals surface area contributed by atoms with Crippen molar-refractivity contribution in [3.05, 3.63) is 108 Å². The molecule has 0 radical (unpaired) electrons. The number of nitrogens with one attached hydrogen (secondary N) is 23. The van der Waals surface area contributed by atoms with E-state index >= 15 is 57.5 Å². The first-order valence-corrected chi connectivity index (χ1v) is 50.0. The third kappa shape index (κ3) is 45.4. The van der Waals surface area contributed by atoms with Gasteiger partial charge in [0.1, 0.15) is 90.0 Å². The van der Waals surface area contributed by atoms with Crippen LogP contribution in [0.25, 0.3) is 10.8 Å². The summed E-state index contributed by atoms with van der Waals surface area (Å²) < 4.78 is 0. The minimum atomic E-state index is -1.92. The second-order valence-corrected chi connectivity index (χ2v) is 37.2. The van der Waals surface area contributed by atoms with Crippen LogP contribution in [0.2, 0.25) is 0 Å². The molecule has 2 fully saturated rings. The van der Waals surface area contributed by atoms with E-state index in [1.165, 1.54) is 48.5 Å². The molecule has 0 spiro atoms. The summed E-state index contributed by atoms with van der Waals surface area (Å²) in [6.07, 6.45) is -2.65. The molecular formula is C90H141ClN34O19S2. The van der Waals surface area contributed by atoms with Crippen molar-refractivity contribution in [2.75, 3.05) is 70.4 Å². The van der Waals surface area contributed by atoms with Crippen LogP contribution in [0.1, 0.15) is 139 Å². The largest absolute Gasteiger partial charge is 0.508 e. The van der Waals surface area contributed by atoms with Crippen LogP contribution in [0.4, 0.5) is 14.4 Å². The number of nitrogens with zero attached hydrogens (tertiary/aromatic N) is 1. The SMILES string of the molecule is Cl.N=C(N)NCCC[C@H](NC(=O)[C@@H]1CSSC[C@H](NC(=O)[C@H](Cc2ccc3ccccc3c2)NC(=O)[C@H](CCCNC(=N)N)NC(=O)[C@@H](N)CCCNC(=N)N)C(=O)N[C@@H](Cc2ccc(O)cc2)C(=O)N[C@@H](CCCNC(N)=O)C(=O)NC(CCCCN)C(=O)N[C@H](CCCNC(N)=O)C(=O)N2CCC[C@H]2C(=O)N[C@@H](Cc2ccc(O)cc2)C(=O)N[C@@H](CCCNC(=N)N)C(=O)NC(CCCNC(N)=O)C(=O)N1)C(N)=O. The second kappa shape index (κ2) is 64.7. The van der Waals surface area contributed by atoms with Crippen molar-refractivity contribution in [1.82, 2.24) is 106 Å². The molecule has 0 bridgehead atoms. The van der Waals surface area contributed by atoms with Gasteiger partial charge in [-0.3, -0.25) is 88.8 Å². The summed E-state index contributed by atoms with van der Waals surface area (Å²) in [5, 5.41) is 103. The average molecular weight is 2100 g/mol. The number of benzene rings is 4. The Morgan fingerprint density at radius 1 is 0.404 bits per heavy atom. The number of unbranched alkanes of at least 4 members (excludes halogenated alkanes) is 1. The number of fused-ring (bicyclic) bond motifs is 2. The van der Waals surface area contributed by atoms with Gasteiger partial charge < -0.3 is 173 Å². The topological polar surface area (TPSA) is 918 Å². The van der Waals surface area contributed by atoms with Crippen LogP contribution >= 0.6 is 34.0 Å². The molecule has 2 heterocycles. The predicted molar refractivity (Wildman–Crippen MR) is 548 cm³/mol. The van der Waals surface area contributed by atoms with Crippen molar-refractivity contribution < 1.29 is 91.7 Å². The molecular weight excluding hydrogens is 1960 g/mol. The minimum absolute atomic E-state index is 0. The molecule has 2 aliphatic rings. The van der Waals surface area contributed by atoms with E-state index in [0.29, 0.717) is 16.5 Å². The van der Waals surface area contributed by atoms with Crippen molar-refractivity contribution in [2.24, 2.45) is 57.3 Å². The highest BCUT2D eigenvalue weighted by atomic mass is 35.5. The number of rotatable bonds is 47. The first-order valence-electron chi connectivity index (χ1n) is 47.5. The van der Waals surface area contributed by atoms with E-state index in [1.54, 1.807) is 36.4 Å². The fourth-order valence-corrected chi connectivity index (χ4v) is 17.9. The van der Waals surface area contributed by atoms with Crippen molar-refractivity contribution in [1.29, 1.82) is 21.6 Å². The smallest absolute Gasteiger partial charge is 0.312 e. The van der Waals surface area contributed by atoms with Crippen LogP contribution in [-0.4, -0.2) is 295 Å². The average Bonchev–Trinajstić information content (AvgIpc) is 1.71. The number of aromatic hydroxyl groups is 2.